The minimum atomic E-state index is -0.932. The molecule has 1 saturated heterocycles. The van der Waals surface area contributed by atoms with Crippen LogP contribution >= 0.6 is 0 Å². The van der Waals surface area contributed by atoms with Crippen LogP contribution in [0.1, 0.15) is 6.92 Å². The number of carbonyl (C=O) groups excluding carboxylic acids is 1. The van der Waals surface area contributed by atoms with Gasteiger partial charge in [0.15, 0.2) is 0 Å². The topological polar surface area (TPSA) is 79.0 Å². The lowest BCUT2D eigenvalue weighted by Crippen LogP contribution is -2.51. The van der Waals surface area contributed by atoms with Crippen LogP contribution in [0.4, 0.5) is 11.4 Å². The number of nitrogen functional groups attached to an aromatic ring is 1. The van der Waals surface area contributed by atoms with Gasteiger partial charge in [0.05, 0.1) is 12.8 Å². The Morgan fingerprint density at radius 2 is 2.00 bits per heavy atom. The summed E-state index contributed by atoms with van der Waals surface area (Å²) in [6, 6.07) is 5.67. The van der Waals surface area contributed by atoms with Crippen LogP contribution in [-0.2, 0) is 4.79 Å². The summed E-state index contributed by atoms with van der Waals surface area (Å²) in [6.07, 6.45) is -0.932. The molecule has 0 aliphatic carbocycles. The third-order valence-corrected chi connectivity index (χ3v) is 3.53. The van der Waals surface area contributed by atoms with Gasteiger partial charge in [-0.05, 0) is 19.1 Å². The second-order valence-electron chi connectivity index (χ2n) is 4.91. The maximum atomic E-state index is 11.7. The number of amides is 1. The number of hydrogen-bond donors (Lipinski definition) is 2. The van der Waals surface area contributed by atoms with Crippen LogP contribution in [0.2, 0.25) is 0 Å². The zero-order valence-electron chi connectivity index (χ0n) is 11.9. The van der Waals surface area contributed by atoms with Crippen LogP contribution in [0.25, 0.3) is 0 Å². The van der Waals surface area contributed by atoms with E-state index >= 15 is 0 Å². The Balaban J connectivity index is 2.02. The van der Waals surface area contributed by atoms with Gasteiger partial charge in [0.2, 0.25) is 0 Å². The largest absolute Gasteiger partial charge is 0.495 e. The van der Waals surface area contributed by atoms with Gasteiger partial charge in [-0.25, -0.2) is 0 Å². The molecule has 0 saturated carbocycles. The second-order valence-corrected chi connectivity index (χ2v) is 4.91. The summed E-state index contributed by atoms with van der Waals surface area (Å²) in [5.74, 6) is 0.449. The molecule has 3 N–H and O–H groups in total. The number of ether oxygens (including phenoxy) is 1. The summed E-state index contributed by atoms with van der Waals surface area (Å²) in [5, 5.41) is 9.32. The summed E-state index contributed by atoms with van der Waals surface area (Å²) in [5.41, 5.74) is 7.44. The number of aliphatic hydroxyl groups excluding tert-OH is 1. The Bertz CT molecular complexity index is 483. The molecule has 1 fully saturated rings. The molecule has 0 bridgehead atoms. The van der Waals surface area contributed by atoms with Gasteiger partial charge in [-0.3, -0.25) is 4.79 Å². The van der Waals surface area contributed by atoms with Crippen molar-refractivity contribution in [2.75, 3.05) is 43.9 Å². The highest BCUT2D eigenvalue weighted by atomic mass is 16.5. The van der Waals surface area contributed by atoms with Crippen molar-refractivity contribution in [1.29, 1.82) is 0 Å². The number of nitrogens with two attached hydrogens (primary N) is 1. The molecule has 1 aliphatic rings. The monoisotopic (exact) mass is 279 g/mol. The van der Waals surface area contributed by atoms with Gasteiger partial charge in [-0.1, -0.05) is 0 Å². The van der Waals surface area contributed by atoms with Crippen molar-refractivity contribution in [1.82, 2.24) is 4.90 Å². The summed E-state index contributed by atoms with van der Waals surface area (Å²) in [6.45, 7) is 4.17. The number of benzene rings is 1. The van der Waals surface area contributed by atoms with Gasteiger partial charge in [0.25, 0.3) is 5.91 Å². The van der Waals surface area contributed by atoms with E-state index in [0.29, 0.717) is 24.5 Å². The molecule has 1 atom stereocenters. The number of nitrogens with zero attached hydrogens (tertiary/aromatic N) is 2. The molecular weight excluding hydrogens is 258 g/mol. The van der Waals surface area contributed by atoms with Crippen molar-refractivity contribution in [2.24, 2.45) is 0 Å². The number of carbonyl (C=O) groups is 1. The van der Waals surface area contributed by atoms with Gasteiger partial charge >= 0.3 is 0 Å². The van der Waals surface area contributed by atoms with Crippen LogP contribution in [-0.4, -0.2) is 55.3 Å². The average molecular weight is 279 g/mol. The molecule has 1 heterocycles. The van der Waals surface area contributed by atoms with E-state index in [9.17, 15) is 9.90 Å². The maximum absolute atomic E-state index is 11.7. The second kappa shape index (κ2) is 6.00. The lowest BCUT2D eigenvalue weighted by Gasteiger charge is -2.36. The number of methoxy groups -OCH3 is 1. The van der Waals surface area contributed by atoms with E-state index in [4.69, 9.17) is 10.5 Å². The molecule has 20 heavy (non-hydrogen) atoms. The first-order chi connectivity index (χ1) is 9.52. The maximum Gasteiger partial charge on any atom is 0.251 e. The van der Waals surface area contributed by atoms with Crippen molar-refractivity contribution in [3.8, 4) is 5.75 Å². The van der Waals surface area contributed by atoms with Crippen LogP contribution in [0.3, 0.4) is 0 Å². The lowest BCUT2D eigenvalue weighted by molar-refractivity contribution is -0.139. The van der Waals surface area contributed by atoms with E-state index in [1.165, 1.54) is 6.92 Å². The minimum Gasteiger partial charge on any atom is -0.495 e. The highest BCUT2D eigenvalue weighted by Gasteiger charge is 2.24. The third-order valence-electron chi connectivity index (χ3n) is 3.53. The molecule has 1 amide bonds. The van der Waals surface area contributed by atoms with Gasteiger partial charge in [0.1, 0.15) is 11.9 Å². The smallest absolute Gasteiger partial charge is 0.251 e. The molecule has 1 aromatic rings. The minimum absolute atomic E-state index is 0.209. The lowest BCUT2D eigenvalue weighted by atomic mass is 10.2. The van der Waals surface area contributed by atoms with Gasteiger partial charge in [-0.2, -0.15) is 0 Å². The highest BCUT2D eigenvalue weighted by molar-refractivity contribution is 5.80. The quantitative estimate of drug-likeness (QED) is 0.778. The summed E-state index contributed by atoms with van der Waals surface area (Å²) < 4.78 is 5.22. The molecule has 0 unspecified atom stereocenters. The van der Waals surface area contributed by atoms with E-state index < -0.39 is 6.10 Å². The molecule has 1 aromatic carbocycles. The van der Waals surface area contributed by atoms with Crippen LogP contribution in [0, 0.1) is 0 Å². The Morgan fingerprint density at radius 3 is 2.55 bits per heavy atom. The van der Waals surface area contributed by atoms with Crippen LogP contribution < -0.4 is 15.4 Å². The molecule has 6 heteroatoms. The molecule has 0 aromatic heterocycles. The van der Waals surface area contributed by atoms with Gasteiger partial charge in [-0.15, -0.1) is 0 Å². The Hall–Kier alpha value is -1.95. The van der Waals surface area contributed by atoms with Crippen molar-refractivity contribution in [2.45, 2.75) is 13.0 Å². The molecule has 0 radical (unpaired) electrons. The Labute approximate surface area is 118 Å². The van der Waals surface area contributed by atoms with E-state index in [2.05, 4.69) is 4.90 Å². The van der Waals surface area contributed by atoms with E-state index in [1.807, 2.05) is 18.2 Å². The van der Waals surface area contributed by atoms with Crippen LogP contribution in [0.5, 0.6) is 5.75 Å². The molecule has 110 valence electrons. The number of hydrogen-bond acceptors (Lipinski definition) is 5. The molecular formula is C14H21N3O3. The van der Waals surface area contributed by atoms with E-state index in [-0.39, 0.29) is 5.91 Å². The molecule has 1 aliphatic heterocycles. The van der Waals surface area contributed by atoms with Crippen molar-refractivity contribution in [3.63, 3.8) is 0 Å². The average Bonchev–Trinajstić information content (AvgIpc) is 2.47. The standard InChI is InChI=1S/C14H21N3O3/c1-10(18)14(19)17-7-5-16(6-8-17)11-3-4-12(15)13(9-11)20-2/h3-4,9-10,18H,5-8,15H2,1-2H3/t10-/m0/s1. The predicted molar refractivity (Wildman–Crippen MR) is 77.9 cm³/mol. The van der Waals surface area contributed by atoms with E-state index in [0.717, 1.165) is 18.8 Å². The SMILES string of the molecule is COc1cc(N2CCN(C(=O)[C@H](C)O)CC2)ccc1N. The zero-order valence-corrected chi connectivity index (χ0v) is 11.9. The van der Waals surface area contributed by atoms with Crippen molar-refractivity contribution in [3.05, 3.63) is 18.2 Å². The van der Waals surface area contributed by atoms with Crippen LogP contribution in [0.15, 0.2) is 18.2 Å². The molecule has 0 spiro atoms. The van der Waals surface area contributed by atoms with E-state index in [1.54, 1.807) is 12.0 Å². The number of anilines is 2. The first-order valence-corrected chi connectivity index (χ1v) is 6.68. The zero-order chi connectivity index (χ0) is 14.7. The summed E-state index contributed by atoms with van der Waals surface area (Å²) in [7, 11) is 1.59. The van der Waals surface area contributed by atoms with Gasteiger partial charge in [0, 0.05) is 37.9 Å². The Kier molecular flexibility index (Phi) is 4.34. The fraction of sp³-hybridized carbons (Fsp3) is 0.500. The first-order valence-electron chi connectivity index (χ1n) is 6.68. The first kappa shape index (κ1) is 14.5. The Morgan fingerprint density at radius 1 is 1.35 bits per heavy atom. The van der Waals surface area contributed by atoms with Crippen molar-refractivity contribution >= 4 is 17.3 Å². The third kappa shape index (κ3) is 2.96. The number of piperazine rings is 1. The number of rotatable bonds is 3. The number of aliphatic hydroxyl groups is 1. The fourth-order valence-electron chi connectivity index (χ4n) is 2.35. The summed E-state index contributed by atoms with van der Waals surface area (Å²) >= 11 is 0. The van der Waals surface area contributed by atoms with Crippen molar-refractivity contribution < 1.29 is 14.6 Å². The predicted octanol–water partition coefficient (Wildman–Crippen LogP) is 0.307. The normalized spacial score (nSPS) is 16.9. The highest BCUT2D eigenvalue weighted by Crippen LogP contribution is 2.28. The summed E-state index contributed by atoms with van der Waals surface area (Å²) in [4.78, 5) is 15.6. The molecule has 6 nitrogen and oxygen atoms in total. The fourth-order valence-corrected chi connectivity index (χ4v) is 2.35. The molecule has 2 rings (SSSR count). The van der Waals surface area contributed by atoms with Gasteiger partial charge < -0.3 is 25.4 Å².